The molecule has 2 heterocycles. The van der Waals surface area contributed by atoms with E-state index >= 15 is 0 Å². The van der Waals surface area contributed by atoms with Gasteiger partial charge in [-0.05, 0) is 32.4 Å². The van der Waals surface area contributed by atoms with Crippen LogP contribution in [0.25, 0.3) is 11.4 Å². The minimum Gasteiger partial charge on any atom is -0.359 e. The predicted octanol–water partition coefficient (Wildman–Crippen LogP) is 3.40. The summed E-state index contributed by atoms with van der Waals surface area (Å²) in [6, 6.07) is 9.43. The van der Waals surface area contributed by atoms with Crippen molar-refractivity contribution in [1.29, 1.82) is 0 Å². The van der Waals surface area contributed by atoms with Crippen molar-refractivity contribution in [2.75, 3.05) is 0 Å². The Morgan fingerprint density at radius 1 is 1.31 bits per heavy atom. The molecule has 0 aliphatic carbocycles. The van der Waals surface area contributed by atoms with Gasteiger partial charge in [-0.2, -0.15) is 5.10 Å². The van der Waals surface area contributed by atoms with Crippen LogP contribution >= 0.6 is 0 Å². The quantitative estimate of drug-likeness (QED) is 0.703. The van der Waals surface area contributed by atoms with Gasteiger partial charge in [-0.1, -0.05) is 30.6 Å². The Balaban J connectivity index is 1.70. The van der Waals surface area contributed by atoms with Gasteiger partial charge in [0.2, 0.25) is 0 Å². The molecule has 0 aliphatic heterocycles. The van der Waals surface area contributed by atoms with E-state index in [2.05, 4.69) is 27.5 Å². The number of aromatic nitrogens is 4. The molecule has 0 radical (unpaired) electrons. The Labute approximate surface area is 152 Å². The van der Waals surface area contributed by atoms with Gasteiger partial charge in [0.15, 0.2) is 11.6 Å². The minimum absolute atomic E-state index is 0.170. The van der Waals surface area contributed by atoms with Crippen LogP contribution in [-0.2, 0) is 13.0 Å². The smallest absolute Gasteiger partial charge is 0.251 e. The number of nitrogens with one attached hydrogen (secondary N) is 1. The van der Waals surface area contributed by atoms with Crippen LogP contribution in [0.1, 0.15) is 55.0 Å². The first-order chi connectivity index (χ1) is 12.6. The van der Waals surface area contributed by atoms with Crippen molar-refractivity contribution in [3.63, 3.8) is 0 Å². The molecule has 0 unspecified atom stereocenters. The highest BCUT2D eigenvalue weighted by Gasteiger charge is 2.13. The molecule has 1 amide bonds. The molecule has 0 saturated heterocycles. The van der Waals surface area contributed by atoms with Gasteiger partial charge in [-0.25, -0.2) is 9.67 Å². The van der Waals surface area contributed by atoms with Crippen molar-refractivity contribution in [3.8, 4) is 11.4 Å². The summed E-state index contributed by atoms with van der Waals surface area (Å²) >= 11 is 0. The fourth-order valence-corrected chi connectivity index (χ4v) is 2.72. The molecule has 26 heavy (non-hydrogen) atoms. The zero-order valence-electron chi connectivity index (χ0n) is 15.3. The van der Waals surface area contributed by atoms with Crippen LogP contribution in [0.2, 0.25) is 0 Å². The van der Waals surface area contributed by atoms with E-state index in [-0.39, 0.29) is 11.9 Å². The number of rotatable bonds is 7. The molecule has 0 saturated carbocycles. The predicted molar refractivity (Wildman–Crippen MR) is 97.5 cm³/mol. The monoisotopic (exact) mass is 353 g/mol. The topological polar surface area (TPSA) is 85.8 Å². The average Bonchev–Trinajstić information content (AvgIpc) is 3.29. The molecule has 3 rings (SSSR count). The zero-order valence-corrected chi connectivity index (χ0v) is 15.3. The number of hydrogen-bond donors (Lipinski definition) is 1. The maximum Gasteiger partial charge on any atom is 0.251 e. The number of nitrogens with zero attached hydrogens (tertiary/aromatic N) is 4. The summed E-state index contributed by atoms with van der Waals surface area (Å²) in [6.07, 6.45) is 3.40. The lowest BCUT2D eigenvalue weighted by Gasteiger charge is -2.10. The number of amides is 1. The van der Waals surface area contributed by atoms with Gasteiger partial charge in [-0.15, -0.1) is 0 Å². The van der Waals surface area contributed by atoms with Crippen LogP contribution in [0.3, 0.4) is 0 Å². The Morgan fingerprint density at radius 2 is 2.15 bits per heavy atom. The summed E-state index contributed by atoms with van der Waals surface area (Å²) in [4.78, 5) is 16.8. The maximum absolute atomic E-state index is 12.5. The highest BCUT2D eigenvalue weighted by molar-refractivity contribution is 5.95. The van der Waals surface area contributed by atoms with E-state index in [1.54, 1.807) is 6.07 Å². The van der Waals surface area contributed by atoms with Crippen molar-refractivity contribution in [1.82, 2.24) is 25.2 Å². The largest absolute Gasteiger partial charge is 0.359 e. The highest BCUT2D eigenvalue weighted by atomic mass is 16.5. The van der Waals surface area contributed by atoms with Crippen molar-refractivity contribution in [2.45, 2.75) is 46.2 Å². The van der Waals surface area contributed by atoms with Gasteiger partial charge in [-0.3, -0.25) is 4.79 Å². The first-order valence-corrected chi connectivity index (χ1v) is 8.81. The molecule has 1 aromatic carbocycles. The number of carbonyl (C=O) groups excluding carboxylic acids is 1. The SMILES string of the molecule is CCCc1cc(CNC(=O)c2cccc(-c3ncnn3C(C)C)c2)on1. The van der Waals surface area contributed by atoms with Crippen LogP contribution in [-0.4, -0.2) is 25.8 Å². The third-order valence-electron chi connectivity index (χ3n) is 3.98. The standard InChI is InChI=1S/C19H23N5O2/c1-4-6-16-10-17(26-23-16)11-20-19(25)15-8-5-7-14(9-15)18-21-12-22-24(18)13(2)3/h5,7-10,12-13H,4,6,11H2,1-3H3,(H,20,25). The molecule has 2 aromatic heterocycles. The van der Waals surface area contributed by atoms with Crippen molar-refractivity contribution in [3.05, 3.63) is 53.7 Å². The number of carbonyl (C=O) groups is 1. The molecule has 0 spiro atoms. The van der Waals surface area contributed by atoms with Crippen molar-refractivity contribution >= 4 is 5.91 Å². The van der Waals surface area contributed by atoms with E-state index in [4.69, 9.17) is 4.52 Å². The van der Waals surface area contributed by atoms with E-state index in [1.165, 1.54) is 6.33 Å². The molecule has 3 aromatic rings. The van der Waals surface area contributed by atoms with Crippen molar-refractivity contribution in [2.24, 2.45) is 0 Å². The molecule has 0 aliphatic rings. The molecule has 0 atom stereocenters. The molecule has 7 nitrogen and oxygen atoms in total. The Morgan fingerprint density at radius 3 is 2.92 bits per heavy atom. The van der Waals surface area contributed by atoms with E-state index in [0.717, 1.165) is 29.9 Å². The number of hydrogen-bond acceptors (Lipinski definition) is 5. The second-order valence-corrected chi connectivity index (χ2v) is 6.42. The minimum atomic E-state index is -0.170. The first-order valence-electron chi connectivity index (χ1n) is 8.81. The van der Waals surface area contributed by atoms with Gasteiger partial charge >= 0.3 is 0 Å². The normalized spacial score (nSPS) is 11.1. The van der Waals surface area contributed by atoms with Crippen LogP contribution in [0.4, 0.5) is 0 Å². The zero-order chi connectivity index (χ0) is 18.5. The summed E-state index contributed by atoms with van der Waals surface area (Å²) in [5.41, 5.74) is 2.33. The Hall–Kier alpha value is -2.96. The molecular formula is C19H23N5O2. The molecule has 0 bridgehead atoms. The van der Waals surface area contributed by atoms with Gasteiger partial charge in [0.25, 0.3) is 5.91 Å². The lowest BCUT2D eigenvalue weighted by Crippen LogP contribution is -2.22. The van der Waals surface area contributed by atoms with Gasteiger partial charge in [0.1, 0.15) is 6.33 Å². The maximum atomic E-state index is 12.5. The Kier molecular flexibility index (Phi) is 5.46. The van der Waals surface area contributed by atoms with Crippen LogP contribution < -0.4 is 5.32 Å². The lowest BCUT2D eigenvalue weighted by molar-refractivity contribution is 0.0947. The molecular weight excluding hydrogens is 330 g/mol. The lowest BCUT2D eigenvalue weighted by atomic mass is 10.1. The molecule has 0 fully saturated rings. The third kappa shape index (κ3) is 3.99. The van der Waals surface area contributed by atoms with Crippen LogP contribution in [0.15, 0.2) is 41.2 Å². The third-order valence-corrected chi connectivity index (χ3v) is 3.98. The fraction of sp³-hybridized carbons (Fsp3) is 0.368. The summed E-state index contributed by atoms with van der Waals surface area (Å²) < 4.78 is 7.08. The Bertz CT molecular complexity index is 881. The van der Waals surface area contributed by atoms with Crippen LogP contribution in [0, 0.1) is 0 Å². The highest BCUT2D eigenvalue weighted by Crippen LogP contribution is 2.20. The second kappa shape index (κ2) is 7.95. The number of benzene rings is 1. The van der Waals surface area contributed by atoms with E-state index in [0.29, 0.717) is 17.9 Å². The molecule has 7 heteroatoms. The van der Waals surface area contributed by atoms with Crippen molar-refractivity contribution < 1.29 is 9.32 Å². The van der Waals surface area contributed by atoms with Gasteiger partial charge in [0.05, 0.1) is 12.2 Å². The van der Waals surface area contributed by atoms with E-state index < -0.39 is 0 Å². The van der Waals surface area contributed by atoms with E-state index in [9.17, 15) is 4.79 Å². The van der Waals surface area contributed by atoms with Gasteiger partial charge < -0.3 is 9.84 Å². The average molecular weight is 353 g/mol. The summed E-state index contributed by atoms with van der Waals surface area (Å²) in [5.74, 6) is 1.22. The van der Waals surface area contributed by atoms with Crippen LogP contribution in [0.5, 0.6) is 0 Å². The molecule has 136 valence electrons. The summed E-state index contributed by atoms with van der Waals surface area (Å²) in [5, 5.41) is 11.1. The first kappa shape index (κ1) is 17.8. The summed E-state index contributed by atoms with van der Waals surface area (Å²) in [6.45, 7) is 6.48. The van der Waals surface area contributed by atoms with Gasteiger partial charge in [0, 0.05) is 23.2 Å². The summed E-state index contributed by atoms with van der Waals surface area (Å²) in [7, 11) is 0. The molecule has 1 N–H and O–H groups in total. The second-order valence-electron chi connectivity index (χ2n) is 6.42. The van der Waals surface area contributed by atoms with E-state index in [1.807, 2.05) is 42.8 Å². The fourth-order valence-electron chi connectivity index (χ4n) is 2.72. The number of aryl methyl sites for hydroxylation is 1.